The first kappa shape index (κ1) is 14.5. The van der Waals surface area contributed by atoms with E-state index < -0.39 is 9.84 Å². The van der Waals surface area contributed by atoms with Crippen molar-refractivity contribution in [1.29, 1.82) is 0 Å². The molecular weight excluding hydrogens is 288 g/mol. The lowest BCUT2D eigenvalue weighted by molar-refractivity contribution is 0.507. The summed E-state index contributed by atoms with van der Waals surface area (Å²) in [6.45, 7) is 4.76. The van der Waals surface area contributed by atoms with Crippen LogP contribution in [0.3, 0.4) is 0 Å². The van der Waals surface area contributed by atoms with E-state index in [9.17, 15) is 8.42 Å². The molecule has 0 spiro atoms. The molecule has 1 atom stereocenters. The third-order valence-corrected chi connectivity index (χ3v) is 5.59. The van der Waals surface area contributed by atoms with Crippen LogP contribution in [0, 0.1) is 0 Å². The first-order chi connectivity index (χ1) is 9.96. The van der Waals surface area contributed by atoms with Crippen LogP contribution in [0.1, 0.15) is 32.1 Å². The fraction of sp³-hybridized carbons (Fsp3) is 0.571. The van der Waals surface area contributed by atoms with Crippen LogP contribution in [0.5, 0.6) is 0 Å². The maximum atomic E-state index is 11.5. The van der Waals surface area contributed by atoms with Gasteiger partial charge in [-0.05, 0) is 32.4 Å². The fourth-order valence-electron chi connectivity index (χ4n) is 2.84. The van der Waals surface area contributed by atoms with Gasteiger partial charge in [0.2, 0.25) is 0 Å². The second-order valence-electron chi connectivity index (χ2n) is 5.82. The monoisotopic (exact) mass is 308 g/mol. The van der Waals surface area contributed by atoms with Gasteiger partial charge in [0.15, 0.2) is 15.5 Å². The SMILES string of the molecule is CC(C)n1c(CNC2CCS(=O)(=O)C2)nc2cccnc21. The second kappa shape index (κ2) is 5.38. The van der Waals surface area contributed by atoms with Crippen molar-refractivity contribution in [3.05, 3.63) is 24.2 Å². The number of pyridine rings is 1. The van der Waals surface area contributed by atoms with E-state index in [0.29, 0.717) is 13.0 Å². The Morgan fingerprint density at radius 1 is 1.48 bits per heavy atom. The summed E-state index contributed by atoms with van der Waals surface area (Å²) in [5.41, 5.74) is 1.75. The molecule has 21 heavy (non-hydrogen) atoms. The lowest BCUT2D eigenvalue weighted by atomic mass is 10.2. The molecule has 0 saturated carbocycles. The summed E-state index contributed by atoms with van der Waals surface area (Å²) < 4.78 is 25.1. The topological polar surface area (TPSA) is 76.9 Å². The molecule has 0 radical (unpaired) electrons. The molecule has 3 rings (SSSR count). The molecule has 1 aliphatic heterocycles. The van der Waals surface area contributed by atoms with E-state index in [-0.39, 0.29) is 23.6 Å². The van der Waals surface area contributed by atoms with Crippen LogP contribution >= 0.6 is 0 Å². The van der Waals surface area contributed by atoms with Crippen LogP contribution in [0.2, 0.25) is 0 Å². The molecule has 6 nitrogen and oxygen atoms in total. The molecule has 1 aliphatic rings. The Bertz CT molecular complexity index is 751. The summed E-state index contributed by atoms with van der Waals surface area (Å²) in [4.78, 5) is 9.02. The van der Waals surface area contributed by atoms with Crippen molar-refractivity contribution in [2.24, 2.45) is 0 Å². The molecule has 1 saturated heterocycles. The predicted octanol–water partition coefficient (Wildman–Crippen LogP) is 1.29. The highest BCUT2D eigenvalue weighted by Gasteiger charge is 2.27. The first-order valence-corrected chi connectivity index (χ1v) is 9.04. The first-order valence-electron chi connectivity index (χ1n) is 7.22. The van der Waals surface area contributed by atoms with Gasteiger partial charge in [-0.1, -0.05) is 0 Å². The fourth-order valence-corrected chi connectivity index (χ4v) is 4.54. The normalized spacial score (nSPS) is 21.4. The van der Waals surface area contributed by atoms with Crippen molar-refractivity contribution < 1.29 is 8.42 Å². The van der Waals surface area contributed by atoms with Crippen molar-refractivity contribution in [3.8, 4) is 0 Å². The molecule has 3 heterocycles. The van der Waals surface area contributed by atoms with Crippen LogP contribution in [0.4, 0.5) is 0 Å². The number of nitrogens with one attached hydrogen (secondary N) is 1. The number of sulfone groups is 1. The van der Waals surface area contributed by atoms with Gasteiger partial charge in [0, 0.05) is 18.3 Å². The van der Waals surface area contributed by atoms with Crippen LogP contribution < -0.4 is 5.32 Å². The molecule has 1 fully saturated rings. The minimum atomic E-state index is -2.85. The van der Waals surface area contributed by atoms with Gasteiger partial charge in [-0.2, -0.15) is 0 Å². The third-order valence-electron chi connectivity index (χ3n) is 3.82. The summed E-state index contributed by atoms with van der Waals surface area (Å²) in [7, 11) is -2.85. The largest absolute Gasteiger partial charge is 0.309 e. The van der Waals surface area contributed by atoms with Gasteiger partial charge in [-0.25, -0.2) is 18.4 Å². The molecule has 1 N–H and O–H groups in total. The molecule has 0 aliphatic carbocycles. The number of nitrogens with zero attached hydrogens (tertiary/aromatic N) is 3. The summed E-state index contributed by atoms with van der Waals surface area (Å²) >= 11 is 0. The highest BCUT2D eigenvalue weighted by molar-refractivity contribution is 7.91. The van der Waals surface area contributed by atoms with Gasteiger partial charge in [-0.3, -0.25) is 0 Å². The van der Waals surface area contributed by atoms with Crippen molar-refractivity contribution in [2.75, 3.05) is 11.5 Å². The Hall–Kier alpha value is -1.47. The van der Waals surface area contributed by atoms with Gasteiger partial charge in [-0.15, -0.1) is 0 Å². The molecule has 0 bridgehead atoms. The molecule has 0 aromatic carbocycles. The summed E-state index contributed by atoms with van der Waals surface area (Å²) in [6, 6.07) is 4.11. The van der Waals surface area contributed by atoms with Gasteiger partial charge >= 0.3 is 0 Å². The van der Waals surface area contributed by atoms with Crippen LogP contribution in [0.15, 0.2) is 18.3 Å². The Labute approximate surface area is 124 Å². The van der Waals surface area contributed by atoms with Crippen molar-refractivity contribution in [3.63, 3.8) is 0 Å². The van der Waals surface area contributed by atoms with E-state index in [1.54, 1.807) is 6.20 Å². The zero-order chi connectivity index (χ0) is 15.0. The van der Waals surface area contributed by atoms with Gasteiger partial charge in [0.1, 0.15) is 11.3 Å². The maximum absolute atomic E-state index is 11.5. The second-order valence-corrected chi connectivity index (χ2v) is 8.05. The van der Waals surface area contributed by atoms with E-state index in [1.165, 1.54) is 0 Å². The lowest BCUT2D eigenvalue weighted by Crippen LogP contribution is -2.30. The molecule has 1 unspecified atom stereocenters. The zero-order valence-electron chi connectivity index (χ0n) is 12.3. The van der Waals surface area contributed by atoms with E-state index in [2.05, 4.69) is 33.7 Å². The molecule has 7 heteroatoms. The van der Waals surface area contributed by atoms with Gasteiger partial charge < -0.3 is 9.88 Å². The summed E-state index contributed by atoms with van der Waals surface area (Å²) in [6.07, 6.45) is 2.45. The molecular formula is C14H20N4O2S. The smallest absolute Gasteiger partial charge is 0.160 e. The van der Waals surface area contributed by atoms with Gasteiger partial charge in [0.25, 0.3) is 0 Å². The number of fused-ring (bicyclic) bond motifs is 1. The van der Waals surface area contributed by atoms with E-state index in [1.807, 2.05) is 12.1 Å². The van der Waals surface area contributed by atoms with Crippen LogP contribution in [0.25, 0.3) is 11.2 Å². The zero-order valence-corrected chi connectivity index (χ0v) is 13.1. The predicted molar refractivity (Wildman–Crippen MR) is 81.8 cm³/mol. The van der Waals surface area contributed by atoms with E-state index >= 15 is 0 Å². The highest BCUT2D eigenvalue weighted by Crippen LogP contribution is 2.19. The number of aromatic nitrogens is 3. The Morgan fingerprint density at radius 2 is 2.29 bits per heavy atom. The third kappa shape index (κ3) is 2.94. The standard InChI is InChI=1S/C14H20N4O2S/c1-10(2)18-13(17-12-4-3-6-15-14(12)18)8-16-11-5-7-21(19,20)9-11/h3-4,6,10-11,16H,5,7-9H2,1-2H3. The molecule has 2 aromatic heterocycles. The number of rotatable bonds is 4. The minimum absolute atomic E-state index is 0.0309. The minimum Gasteiger partial charge on any atom is -0.309 e. The molecule has 0 amide bonds. The van der Waals surface area contributed by atoms with E-state index in [0.717, 1.165) is 17.0 Å². The summed E-state index contributed by atoms with van der Waals surface area (Å²) in [5.74, 6) is 1.42. The summed E-state index contributed by atoms with van der Waals surface area (Å²) in [5, 5.41) is 3.32. The highest BCUT2D eigenvalue weighted by atomic mass is 32.2. The molecule has 114 valence electrons. The number of imidazole rings is 1. The Kier molecular flexibility index (Phi) is 3.71. The molecule has 2 aromatic rings. The van der Waals surface area contributed by atoms with Gasteiger partial charge in [0.05, 0.1) is 18.1 Å². The maximum Gasteiger partial charge on any atom is 0.160 e. The Balaban J connectivity index is 1.82. The quantitative estimate of drug-likeness (QED) is 0.921. The Morgan fingerprint density at radius 3 is 2.95 bits per heavy atom. The van der Waals surface area contributed by atoms with Crippen LogP contribution in [-0.4, -0.2) is 40.5 Å². The van der Waals surface area contributed by atoms with Crippen LogP contribution in [-0.2, 0) is 16.4 Å². The lowest BCUT2D eigenvalue weighted by Gasteiger charge is -2.14. The van der Waals surface area contributed by atoms with Crippen molar-refractivity contribution in [1.82, 2.24) is 19.9 Å². The van der Waals surface area contributed by atoms with E-state index in [4.69, 9.17) is 0 Å². The number of hydrogen-bond acceptors (Lipinski definition) is 5. The average molecular weight is 308 g/mol. The van der Waals surface area contributed by atoms with Crippen molar-refractivity contribution in [2.45, 2.75) is 38.9 Å². The number of hydrogen-bond donors (Lipinski definition) is 1. The average Bonchev–Trinajstić information content (AvgIpc) is 2.95. The van der Waals surface area contributed by atoms with Crippen molar-refractivity contribution >= 4 is 21.0 Å².